The van der Waals surface area contributed by atoms with Gasteiger partial charge >= 0.3 is 0 Å². The van der Waals surface area contributed by atoms with Crippen LogP contribution in [0.1, 0.15) is 32.4 Å². The van der Waals surface area contributed by atoms with Gasteiger partial charge in [-0.15, -0.1) is 5.10 Å². The van der Waals surface area contributed by atoms with E-state index in [2.05, 4.69) is 24.2 Å². The number of nitrogens with zero attached hydrogens (tertiary/aromatic N) is 3. The van der Waals surface area contributed by atoms with Gasteiger partial charge in [-0.25, -0.2) is 9.07 Å². The molecule has 0 N–H and O–H groups in total. The van der Waals surface area contributed by atoms with Gasteiger partial charge in [-0.3, -0.25) is 0 Å². The van der Waals surface area contributed by atoms with Crippen molar-refractivity contribution in [1.29, 1.82) is 0 Å². The molecule has 0 radical (unpaired) electrons. The number of halogens is 1. The van der Waals surface area contributed by atoms with Crippen molar-refractivity contribution in [3.8, 4) is 0 Å². The van der Waals surface area contributed by atoms with E-state index >= 15 is 0 Å². The fraction of sp³-hybridized carbons (Fsp3) is 0.778. The van der Waals surface area contributed by atoms with Gasteiger partial charge in [0, 0.05) is 0 Å². The third-order valence-electron chi connectivity index (χ3n) is 1.89. The quantitative estimate of drug-likeness (QED) is 0.728. The number of aromatic nitrogens is 3. The molecule has 0 saturated heterocycles. The van der Waals surface area contributed by atoms with E-state index in [1.54, 1.807) is 10.9 Å². The van der Waals surface area contributed by atoms with Crippen LogP contribution in [0.25, 0.3) is 0 Å². The monoisotopic (exact) mass is 201 g/mol. The molecule has 80 valence electrons. The number of hydrogen-bond acceptors (Lipinski definition) is 3. The van der Waals surface area contributed by atoms with E-state index in [1.807, 2.05) is 0 Å². The van der Waals surface area contributed by atoms with E-state index in [0.717, 1.165) is 5.69 Å². The lowest BCUT2D eigenvalue weighted by molar-refractivity contribution is -0.0287. The van der Waals surface area contributed by atoms with E-state index in [1.165, 1.54) is 6.92 Å². The molecule has 0 aliphatic carbocycles. The van der Waals surface area contributed by atoms with Crippen LogP contribution in [0.3, 0.4) is 0 Å². The zero-order valence-corrected chi connectivity index (χ0v) is 8.77. The van der Waals surface area contributed by atoms with Crippen molar-refractivity contribution >= 4 is 0 Å². The van der Waals surface area contributed by atoms with Crippen molar-refractivity contribution in [2.24, 2.45) is 0 Å². The molecule has 1 unspecified atom stereocenters. The summed E-state index contributed by atoms with van der Waals surface area (Å²) in [5, 5.41) is 7.70. The highest BCUT2D eigenvalue weighted by molar-refractivity contribution is 4.99. The molecular weight excluding hydrogens is 185 g/mol. The molecule has 0 bridgehead atoms. The first kappa shape index (κ1) is 11.1. The summed E-state index contributed by atoms with van der Waals surface area (Å²) in [5.74, 6) is 0.368. The normalized spacial score (nSPS) is 13.5. The highest BCUT2D eigenvalue weighted by Crippen LogP contribution is 2.11. The van der Waals surface area contributed by atoms with E-state index < -0.39 is 6.36 Å². The third-order valence-corrected chi connectivity index (χ3v) is 1.89. The molecule has 1 atom stereocenters. The highest BCUT2D eigenvalue weighted by Gasteiger charge is 2.07. The summed E-state index contributed by atoms with van der Waals surface area (Å²) >= 11 is 0. The molecule has 0 aromatic carbocycles. The second-order valence-corrected chi connectivity index (χ2v) is 3.45. The Kier molecular flexibility index (Phi) is 4.00. The van der Waals surface area contributed by atoms with Crippen LogP contribution in [0.5, 0.6) is 0 Å². The minimum atomic E-state index is -1.22. The Bertz CT molecular complexity index is 273. The van der Waals surface area contributed by atoms with Crippen LogP contribution in [-0.4, -0.2) is 28.0 Å². The fourth-order valence-corrected chi connectivity index (χ4v) is 1.19. The molecule has 0 fully saturated rings. The molecule has 14 heavy (non-hydrogen) atoms. The number of alkyl halides is 1. The first-order chi connectivity index (χ1) is 6.61. The lowest BCUT2D eigenvalue weighted by Crippen LogP contribution is -2.13. The minimum absolute atomic E-state index is 0.320. The predicted octanol–water partition coefficient (Wildman–Crippen LogP) is 1.73. The number of rotatable bonds is 5. The van der Waals surface area contributed by atoms with Gasteiger partial charge in [-0.2, -0.15) is 0 Å². The van der Waals surface area contributed by atoms with Gasteiger partial charge < -0.3 is 4.74 Å². The van der Waals surface area contributed by atoms with Crippen LogP contribution < -0.4 is 0 Å². The maximum atomic E-state index is 12.3. The Balaban J connectivity index is 2.46. The third kappa shape index (κ3) is 3.06. The summed E-state index contributed by atoms with van der Waals surface area (Å²) in [7, 11) is 0. The van der Waals surface area contributed by atoms with E-state index in [-0.39, 0.29) is 0 Å². The fourth-order valence-electron chi connectivity index (χ4n) is 1.19. The standard InChI is InChI=1S/C9H16FN3O/c1-7(2)9-6-11-12-13(9)4-5-14-8(3)10/h6-8H,4-5H2,1-3H3. The summed E-state index contributed by atoms with van der Waals surface area (Å²) in [5.41, 5.74) is 1.04. The summed E-state index contributed by atoms with van der Waals surface area (Å²) in [4.78, 5) is 0. The van der Waals surface area contributed by atoms with Gasteiger partial charge in [0.15, 0.2) is 6.36 Å². The van der Waals surface area contributed by atoms with Crippen molar-refractivity contribution in [2.75, 3.05) is 6.61 Å². The average Bonchev–Trinajstić information content (AvgIpc) is 2.51. The highest BCUT2D eigenvalue weighted by atomic mass is 19.1. The molecule has 1 rings (SSSR count). The van der Waals surface area contributed by atoms with E-state index in [0.29, 0.717) is 19.1 Å². The minimum Gasteiger partial charge on any atom is -0.346 e. The molecule has 0 aliphatic heterocycles. The average molecular weight is 201 g/mol. The lowest BCUT2D eigenvalue weighted by atomic mass is 10.1. The predicted molar refractivity (Wildman–Crippen MR) is 50.6 cm³/mol. The molecule has 4 nitrogen and oxygen atoms in total. The molecule has 1 heterocycles. The first-order valence-corrected chi connectivity index (χ1v) is 4.75. The maximum absolute atomic E-state index is 12.3. The summed E-state index contributed by atoms with van der Waals surface area (Å²) in [6, 6.07) is 0. The van der Waals surface area contributed by atoms with E-state index in [4.69, 9.17) is 4.74 Å². The van der Waals surface area contributed by atoms with Crippen molar-refractivity contribution in [2.45, 2.75) is 39.6 Å². The van der Waals surface area contributed by atoms with Crippen molar-refractivity contribution < 1.29 is 9.13 Å². The zero-order chi connectivity index (χ0) is 10.6. The van der Waals surface area contributed by atoms with Gasteiger partial charge in [0.1, 0.15) is 0 Å². The first-order valence-electron chi connectivity index (χ1n) is 4.75. The molecule has 0 amide bonds. The SMILES string of the molecule is CC(F)OCCn1nncc1C(C)C. The second-order valence-electron chi connectivity index (χ2n) is 3.45. The van der Waals surface area contributed by atoms with Crippen LogP contribution in [0.15, 0.2) is 6.20 Å². The van der Waals surface area contributed by atoms with E-state index in [9.17, 15) is 4.39 Å². The molecule has 1 aromatic rings. The molecule has 0 spiro atoms. The topological polar surface area (TPSA) is 39.9 Å². The molecule has 0 aliphatic rings. The van der Waals surface area contributed by atoms with Crippen molar-refractivity contribution in [3.05, 3.63) is 11.9 Å². The summed E-state index contributed by atoms with van der Waals surface area (Å²) in [6.07, 6.45) is 0.504. The number of hydrogen-bond donors (Lipinski definition) is 0. The van der Waals surface area contributed by atoms with Crippen LogP contribution in [-0.2, 0) is 11.3 Å². The Morgan fingerprint density at radius 3 is 2.79 bits per heavy atom. The Labute approximate surface area is 83.1 Å². The summed E-state index contributed by atoms with van der Waals surface area (Å²) < 4.78 is 18.9. The van der Waals surface area contributed by atoms with Crippen LogP contribution in [0, 0.1) is 0 Å². The smallest absolute Gasteiger partial charge is 0.195 e. The molecule has 1 aromatic heterocycles. The van der Waals surface area contributed by atoms with Gasteiger partial charge in [0.25, 0.3) is 0 Å². The van der Waals surface area contributed by atoms with Crippen LogP contribution in [0.4, 0.5) is 4.39 Å². The Hall–Kier alpha value is -0.970. The maximum Gasteiger partial charge on any atom is 0.195 e. The van der Waals surface area contributed by atoms with Gasteiger partial charge in [-0.05, 0) is 12.8 Å². The zero-order valence-electron chi connectivity index (χ0n) is 8.77. The van der Waals surface area contributed by atoms with Crippen molar-refractivity contribution in [1.82, 2.24) is 15.0 Å². The van der Waals surface area contributed by atoms with Gasteiger partial charge in [0.05, 0.1) is 25.0 Å². The van der Waals surface area contributed by atoms with Gasteiger partial charge in [0.2, 0.25) is 0 Å². The molecule has 5 heteroatoms. The van der Waals surface area contributed by atoms with Gasteiger partial charge in [-0.1, -0.05) is 19.1 Å². The number of ether oxygens (including phenoxy) is 1. The lowest BCUT2D eigenvalue weighted by Gasteiger charge is -2.09. The molecular formula is C9H16FN3O. The van der Waals surface area contributed by atoms with Crippen molar-refractivity contribution in [3.63, 3.8) is 0 Å². The second kappa shape index (κ2) is 5.05. The Morgan fingerprint density at radius 1 is 1.50 bits per heavy atom. The summed E-state index contributed by atoms with van der Waals surface area (Å²) in [6.45, 7) is 6.36. The largest absolute Gasteiger partial charge is 0.346 e. The van der Waals surface area contributed by atoms with Crippen LogP contribution >= 0.6 is 0 Å². The molecule has 0 saturated carbocycles. The van der Waals surface area contributed by atoms with Crippen LogP contribution in [0.2, 0.25) is 0 Å². The Morgan fingerprint density at radius 2 is 2.21 bits per heavy atom.